The molecule has 108 valence electrons. The molecule has 1 rings (SSSR count). The van der Waals surface area contributed by atoms with Gasteiger partial charge in [0.2, 0.25) is 0 Å². The van der Waals surface area contributed by atoms with E-state index in [4.69, 9.17) is 0 Å². The third kappa shape index (κ3) is 5.19. The highest BCUT2D eigenvalue weighted by atomic mass is 15.2. The van der Waals surface area contributed by atoms with Crippen molar-refractivity contribution in [1.82, 2.24) is 10.3 Å². The van der Waals surface area contributed by atoms with Crippen LogP contribution in [0.2, 0.25) is 0 Å². The molecule has 1 atom stereocenters. The highest BCUT2D eigenvalue weighted by molar-refractivity contribution is 5.47. The molecule has 0 amide bonds. The number of hydrogen-bond acceptors (Lipinski definition) is 3. The molecule has 0 saturated carbocycles. The Balaban J connectivity index is 2.71. The monoisotopic (exact) mass is 263 g/mol. The maximum atomic E-state index is 4.57. The second-order valence-corrected chi connectivity index (χ2v) is 5.22. The Morgan fingerprint density at radius 3 is 2.74 bits per heavy atom. The van der Waals surface area contributed by atoms with Crippen molar-refractivity contribution in [2.45, 2.75) is 52.5 Å². The van der Waals surface area contributed by atoms with E-state index in [2.05, 4.69) is 49.1 Å². The van der Waals surface area contributed by atoms with Crippen LogP contribution in [-0.2, 0) is 0 Å². The predicted octanol–water partition coefficient (Wildman–Crippen LogP) is 3.77. The molecule has 3 nitrogen and oxygen atoms in total. The van der Waals surface area contributed by atoms with Gasteiger partial charge in [0.25, 0.3) is 0 Å². The number of nitrogens with one attached hydrogen (secondary N) is 1. The van der Waals surface area contributed by atoms with E-state index in [1.165, 1.54) is 24.8 Å². The minimum Gasteiger partial charge on any atom is -0.359 e. The Bertz CT molecular complexity index is 352. The first-order chi connectivity index (χ1) is 9.20. The largest absolute Gasteiger partial charge is 0.359 e. The van der Waals surface area contributed by atoms with Crippen LogP contribution in [0.3, 0.4) is 0 Å². The molecule has 1 aromatic rings. The van der Waals surface area contributed by atoms with Crippen LogP contribution in [0.25, 0.3) is 0 Å². The van der Waals surface area contributed by atoms with Crippen molar-refractivity contribution in [2.75, 3.05) is 25.0 Å². The van der Waals surface area contributed by atoms with E-state index in [1.807, 2.05) is 12.3 Å². The van der Waals surface area contributed by atoms with Gasteiger partial charge in [-0.2, -0.15) is 0 Å². The van der Waals surface area contributed by atoms with Crippen molar-refractivity contribution in [3.05, 3.63) is 23.9 Å². The normalized spacial score (nSPS) is 12.4. The lowest BCUT2D eigenvalue weighted by Crippen LogP contribution is -2.25. The smallest absolute Gasteiger partial charge is 0.133 e. The van der Waals surface area contributed by atoms with Crippen molar-refractivity contribution >= 4 is 5.82 Å². The van der Waals surface area contributed by atoms with E-state index in [0.717, 1.165) is 25.3 Å². The first-order valence-electron chi connectivity index (χ1n) is 7.60. The summed E-state index contributed by atoms with van der Waals surface area (Å²) in [6.07, 6.45) is 6.83. The second kappa shape index (κ2) is 8.92. The average Bonchev–Trinajstić information content (AvgIpc) is 2.45. The molecule has 19 heavy (non-hydrogen) atoms. The maximum absolute atomic E-state index is 4.57. The predicted molar refractivity (Wildman–Crippen MR) is 83.7 cm³/mol. The van der Waals surface area contributed by atoms with Gasteiger partial charge in [0.15, 0.2) is 0 Å². The topological polar surface area (TPSA) is 28.2 Å². The molecule has 1 N–H and O–H groups in total. The van der Waals surface area contributed by atoms with Gasteiger partial charge >= 0.3 is 0 Å². The van der Waals surface area contributed by atoms with Crippen LogP contribution in [0.1, 0.15) is 58.1 Å². The summed E-state index contributed by atoms with van der Waals surface area (Å²) in [6.45, 7) is 8.78. The summed E-state index contributed by atoms with van der Waals surface area (Å²) in [6, 6.07) is 4.58. The third-order valence-corrected chi connectivity index (χ3v) is 3.44. The van der Waals surface area contributed by atoms with E-state index in [1.54, 1.807) is 0 Å². The van der Waals surface area contributed by atoms with Gasteiger partial charge in [0.1, 0.15) is 5.82 Å². The summed E-state index contributed by atoms with van der Waals surface area (Å²) in [5.41, 5.74) is 1.30. The quantitative estimate of drug-likeness (QED) is 0.687. The lowest BCUT2D eigenvalue weighted by molar-refractivity contribution is 0.567. The fraction of sp³-hybridized carbons (Fsp3) is 0.688. The number of aromatic nitrogens is 1. The molecule has 0 aliphatic heterocycles. The lowest BCUT2D eigenvalue weighted by Gasteiger charge is -2.24. The molecule has 0 spiro atoms. The van der Waals surface area contributed by atoms with Crippen LogP contribution in [-0.4, -0.2) is 25.1 Å². The second-order valence-electron chi connectivity index (χ2n) is 5.22. The van der Waals surface area contributed by atoms with Gasteiger partial charge in [0.05, 0.1) is 0 Å². The van der Waals surface area contributed by atoms with Crippen LogP contribution in [0.5, 0.6) is 0 Å². The molecule has 0 aromatic carbocycles. The Morgan fingerprint density at radius 1 is 1.26 bits per heavy atom. The van der Waals surface area contributed by atoms with Gasteiger partial charge < -0.3 is 10.2 Å². The highest BCUT2D eigenvalue weighted by Gasteiger charge is 2.13. The molecule has 0 aliphatic carbocycles. The zero-order valence-corrected chi connectivity index (χ0v) is 12.9. The number of rotatable bonds is 9. The summed E-state index contributed by atoms with van der Waals surface area (Å²) in [4.78, 5) is 6.86. The third-order valence-electron chi connectivity index (χ3n) is 3.44. The van der Waals surface area contributed by atoms with Crippen molar-refractivity contribution < 1.29 is 0 Å². The van der Waals surface area contributed by atoms with Gasteiger partial charge in [-0.05, 0) is 32.4 Å². The summed E-state index contributed by atoms with van der Waals surface area (Å²) < 4.78 is 0. The molecule has 1 heterocycles. The van der Waals surface area contributed by atoms with Gasteiger partial charge in [-0.25, -0.2) is 4.98 Å². The van der Waals surface area contributed by atoms with Crippen LogP contribution < -0.4 is 10.2 Å². The van der Waals surface area contributed by atoms with E-state index in [0.29, 0.717) is 6.04 Å². The highest BCUT2D eigenvalue weighted by Crippen LogP contribution is 2.23. The van der Waals surface area contributed by atoms with Crippen LogP contribution in [0, 0.1) is 0 Å². The SMILES string of the molecule is CCCCCN(C)c1ncccc1C(C)NCCC. The molecule has 0 saturated heterocycles. The number of anilines is 1. The molecule has 3 heteroatoms. The van der Waals surface area contributed by atoms with Crippen LogP contribution in [0.15, 0.2) is 18.3 Å². The first kappa shape index (κ1) is 16.0. The van der Waals surface area contributed by atoms with E-state index in [-0.39, 0.29) is 0 Å². The zero-order valence-electron chi connectivity index (χ0n) is 12.9. The van der Waals surface area contributed by atoms with Crippen molar-refractivity contribution in [3.63, 3.8) is 0 Å². The van der Waals surface area contributed by atoms with E-state index < -0.39 is 0 Å². The molecule has 0 fully saturated rings. The number of unbranched alkanes of at least 4 members (excludes halogenated alkanes) is 2. The lowest BCUT2D eigenvalue weighted by atomic mass is 10.1. The molecular formula is C16H29N3. The number of nitrogens with zero attached hydrogens (tertiary/aromatic N) is 2. The fourth-order valence-electron chi connectivity index (χ4n) is 2.24. The van der Waals surface area contributed by atoms with Crippen molar-refractivity contribution in [3.8, 4) is 0 Å². The van der Waals surface area contributed by atoms with Crippen LogP contribution >= 0.6 is 0 Å². The standard InChI is InChI=1S/C16H29N3/c1-5-7-8-13-19(4)16-15(10-9-12-18-16)14(3)17-11-6-2/h9-10,12,14,17H,5-8,11,13H2,1-4H3. The summed E-state index contributed by atoms with van der Waals surface area (Å²) in [5.74, 6) is 1.12. The number of hydrogen-bond donors (Lipinski definition) is 1. The van der Waals surface area contributed by atoms with Gasteiger partial charge in [-0.1, -0.05) is 32.8 Å². The summed E-state index contributed by atoms with van der Waals surface area (Å²) in [7, 11) is 2.15. The zero-order chi connectivity index (χ0) is 14.1. The Morgan fingerprint density at radius 2 is 2.05 bits per heavy atom. The minimum absolute atomic E-state index is 0.359. The van der Waals surface area contributed by atoms with E-state index >= 15 is 0 Å². The fourth-order valence-corrected chi connectivity index (χ4v) is 2.24. The number of pyridine rings is 1. The molecule has 0 bridgehead atoms. The summed E-state index contributed by atoms with van der Waals surface area (Å²) in [5, 5.41) is 3.54. The Hall–Kier alpha value is -1.09. The summed E-state index contributed by atoms with van der Waals surface area (Å²) >= 11 is 0. The van der Waals surface area contributed by atoms with Gasteiger partial charge in [-0.3, -0.25) is 0 Å². The average molecular weight is 263 g/mol. The maximum Gasteiger partial charge on any atom is 0.133 e. The van der Waals surface area contributed by atoms with Crippen molar-refractivity contribution in [1.29, 1.82) is 0 Å². The Labute approximate surface area is 118 Å². The van der Waals surface area contributed by atoms with Gasteiger partial charge in [0, 0.05) is 31.4 Å². The molecule has 0 aliphatic rings. The molecule has 1 unspecified atom stereocenters. The van der Waals surface area contributed by atoms with Crippen molar-refractivity contribution in [2.24, 2.45) is 0 Å². The molecule has 0 radical (unpaired) electrons. The van der Waals surface area contributed by atoms with Crippen LogP contribution in [0.4, 0.5) is 5.82 Å². The van der Waals surface area contributed by atoms with E-state index in [9.17, 15) is 0 Å². The minimum atomic E-state index is 0.359. The molecular weight excluding hydrogens is 234 g/mol. The first-order valence-corrected chi connectivity index (χ1v) is 7.60. The Kier molecular flexibility index (Phi) is 7.49. The van der Waals surface area contributed by atoms with Gasteiger partial charge in [-0.15, -0.1) is 0 Å². The molecule has 1 aromatic heterocycles.